The Labute approximate surface area is 97.9 Å². The number of ether oxygens (including phenoxy) is 2. The van der Waals surface area contributed by atoms with Crippen molar-refractivity contribution in [1.82, 2.24) is 5.32 Å². The molecule has 1 saturated heterocycles. The van der Waals surface area contributed by atoms with Crippen molar-refractivity contribution in [3.8, 4) is 11.5 Å². The summed E-state index contributed by atoms with van der Waals surface area (Å²) in [7, 11) is 3.30. The minimum absolute atomic E-state index is 0.459. The van der Waals surface area contributed by atoms with Crippen LogP contribution in [0.25, 0.3) is 0 Å². The standard InChI is InChI=1S/C11H14BrNO2/c1-14-10-6-7(9-3-4-13-9)5-8(12)11(10)15-2/h5-6,9,13H,3-4H2,1-2H3. The Bertz CT molecular complexity index is 364. The van der Waals surface area contributed by atoms with Crippen molar-refractivity contribution in [2.75, 3.05) is 20.8 Å². The molecule has 1 aliphatic rings. The molecule has 1 unspecified atom stereocenters. The van der Waals surface area contributed by atoms with Gasteiger partial charge in [-0.25, -0.2) is 0 Å². The summed E-state index contributed by atoms with van der Waals surface area (Å²) in [5.74, 6) is 1.52. The summed E-state index contributed by atoms with van der Waals surface area (Å²) in [6.45, 7) is 1.09. The van der Waals surface area contributed by atoms with Crippen molar-refractivity contribution in [3.05, 3.63) is 22.2 Å². The molecule has 3 nitrogen and oxygen atoms in total. The number of methoxy groups -OCH3 is 2. The summed E-state index contributed by atoms with van der Waals surface area (Å²) in [6, 6.07) is 4.57. The highest BCUT2D eigenvalue weighted by Gasteiger charge is 2.21. The zero-order valence-electron chi connectivity index (χ0n) is 8.84. The van der Waals surface area contributed by atoms with Gasteiger partial charge in [-0.3, -0.25) is 0 Å². The lowest BCUT2D eigenvalue weighted by Gasteiger charge is -2.28. The zero-order valence-corrected chi connectivity index (χ0v) is 10.4. The lowest BCUT2D eigenvalue weighted by Crippen LogP contribution is -2.34. The first kappa shape index (κ1) is 10.8. The maximum absolute atomic E-state index is 5.29. The molecule has 15 heavy (non-hydrogen) atoms. The second kappa shape index (κ2) is 4.41. The Morgan fingerprint density at radius 1 is 1.33 bits per heavy atom. The molecular weight excluding hydrogens is 258 g/mol. The van der Waals surface area contributed by atoms with Gasteiger partial charge in [0.2, 0.25) is 0 Å². The summed E-state index contributed by atoms with van der Waals surface area (Å²) < 4.78 is 11.5. The van der Waals surface area contributed by atoms with Crippen molar-refractivity contribution in [2.45, 2.75) is 12.5 Å². The molecule has 1 aliphatic heterocycles. The molecule has 82 valence electrons. The van der Waals surface area contributed by atoms with Crippen LogP contribution in [0.15, 0.2) is 16.6 Å². The molecule has 2 rings (SSSR count). The second-order valence-electron chi connectivity index (χ2n) is 3.53. The molecule has 0 aromatic heterocycles. The average molecular weight is 272 g/mol. The van der Waals surface area contributed by atoms with Gasteiger partial charge < -0.3 is 14.8 Å². The van der Waals surface area contributed by atoms with Gasteiger partial charge in [-0.2, -0.15) is 0 Å². The van der Waals surface area contributed by atoms with Crippen LogP contribution in [-0.2, 0) is 0 Å². The highest BCUT2D eigenvalue weighted by Crippen LogP contribution is 2.39. The van der Waals surface area contributed by atoms with E-state index in [0.29, 0.717) is 6.04 Å². The number of rotatable bonds is 3. The number of hydrogen-bond donors (Lipinski definition) is 1. The second-order valence-corrected chi connectivity index (χ2v) is 4.39. The smallest absolute Gasteiger partial charge is 0.174 e. The fourth-order valence-corrected chi connectivity index (χ4v) is 2.33. The minimum Gasteiger partial charge on any atom is -0.493 e. The molecule has 0 radical (unpaired) electrons. The van der Waals surface area contributed by atoms with Crippen molar-refractivity contribution in [3.63, 3.8) is 0 Å². The molecule has 0 amide bonds. The molecule has 0 spiro atoms. The van der Waals surface area contributed by atoms with Gasteiger partial charge in [0.05, 0.1) is 18.7 Å². The van der Waals surface area contributed by atoms with Crippen LogP contribution in [0.2, 0.25) is 0 Å². The highest BCUT2D eigenvalue weighted by molar-refractivity contribution is 9.10. The maximum Gasteiger partial charge on any atom is 0.174 e. The average Bonchev–Trinajstić information content (AvgIpc) is 2.14. The summed E-state index contributed by atoms with van der Waals surface area (Å²) in [4.78, 5) is 0. The van der Waals surface area contributed by atoms with Crippen molar-refractivity contribution < 1.29 is 9.47 Å². The highest BCUT2D eigenvalue weighted by atomic mass is 79.9. The van der Waals surface area contributed by atoms with Crippen molar-refractivity contribution >= 4 is 15.9 Å². The molecule has 0 aliphatic carbocycles. The van der Waals surface area contributed by atoms with E-state index in [0.717, 1.165) is 22.5 Å². The van der Waals surface area contributed by atoms with Crippen LogP contribution in [0.3, 0.4) is 0 Å². The molecule has 1 aromatic rings. The van der Waals surface area contributed by atoms with Crippen LogP contribution in [-0.4, -0.2) is 20.8 Å². The molecule has 0 bridgehead atoms. The van der Waals surface area contributed by atoms with Gasteiger partial charge in [0.1, 0.15) is 0 Å². The van der Waals surface area contributed by atoms with Gasteiger partial charge in [-0.05, 0) is 46.6 Å². The topological polar surface area (TPSA) is 30.5 Å². The predicted molar refractivity (Wildman–Crippen MR) is 62.6 cm³/mol. The SMILES string of the molecule is COc1cc(C2CCN2)cc(Br)c1OC. The lowest BCUT2D eigenvalue weighted by molar-refractivity contribution is 0.347. The van der Waals surface area contributed by atoms with E-state index in [1.807, 2.05) is 6.07 Å². The molecular formula is C11H14BrNO2. The van der Waals surface area contributed by atoms with Gasteiger partial charge in [0.25, 0.3) is 0 Å². The third kappa shape index (κ3) is 1.96. The largest absolute Gasteiger partial charge is 0.493 e. The number of hydrogen-bond acceptors (Lipinski definition) is 3. The van der Waals surface area contributed by atoms with Crippen LogP contribution in [0.1, 0.15) is 18.0 Å². The molecule has 1 atom stereocenters. The maximum atomic E-state index is 5.29. The molecule has 1 N–H and O–H groups in total. The first-order chi connectivity index (χ1) is 7.26. The van der Waals surface area contributed by atoms with E-state index in [9.17, 15) is 0 Å². The normalized spacial score (nSPS) is 19.5. The van der Waals surface area contributed by atoms with E-state index in [4.69, 9.17) is 9.47 Å². The summed E-state index contributed by atoms with van der Waals surface area (Å²) in [6.07, 6.45) is 1.18. The molecule has 1 heterocycles. The first-order valence-corrected chi connectivity index (χ1v) is 5.70. The Kier molecular flexibility index (Phi) is 3.17. The molecule has 0 saturated carbocycles. The number of benzene rings is 1. The Balaban J connectivity index is 2.37. The fourth-order valence-electron chi connectivity index (χ4n) is 1.71. The van der Waals surface area contributed by atoms with Gasteiger partial charge in [-0.1, -0.05) is 0 Å². The van der Waals surface area contributed by atoms with Gasteiger partial charge in [0, 0.05) is 6.04 Å². The van der Waals surface area contributed by atoms with E-state index in [-0.39, 0.29) is 0 Å². The van der Waals surface area contributed by atoms with Crippen LogP contribution in [0, 0.1) is 0 Å². The Morgan fingerprint density at radius 2 is 2.07 bits per heavy atom. The Morgan fingerprint density at radius 3 is 2.53 bits per heavy atom. The van der Waals surface area contributed by atoms with E-state index in [1.54, 1.807) is 14.2 Å². The van der Waals surface area contributed by atoms with E-state index in [1.165, 1.54) is 12.0 Å². The fraction of sp³-hybridized carbons (Fsp3) is 0.455. The van der Waals surface area contributed by atoms with Crippen LogP contribution >= 0.6 is 15.9 Å². The van der Waals surface area contributed by atoms with Gasteiger partial charge in [0.15, 0.2) is 11.5 Å². The zero-order chi connectivity index (χ0) is 10.8. The van der Waals surface area contributed by atoms with Crippen LogP contribution in [0.5, 0.6) is 11.5 Å². The first-order valence-electron chi connectivity index (χ1n) is 4.91. The summed E-state index contributed by atoms with van der Waals surface area (Å²) in [5, 5.41) is 3.36. The lowest BCUT2D eigenvalue weighted by atomic mass is 9.98. The van der Waals surface area contributed by atoms with Crippen molar-refractivity contribution in [2.24, 2.45) is 0 Å². The van der Waals surface area contributed by atoms with Gasteiger partial charge in [-0.15, -0.1) is 0 Å². The van der Waals surface area contributed by atoms with E-state index < -0.39 is 0 Å². The predicted octanol–water partition coefficient (Wildman–Crippen LogP) is 2.50. The van der Waals surface area contributed by atoms with Crippen LogP contribution in [0.4, 0.5) is 0 Å². The Hall–Kier alpha value is -0.740. The summed E-state index contributed by atoms with van der Waals surface area (Å²) >= 11 is 3.49. The van der Waals surface area contributed by atoms with E-state index in [2.05, 4.69) is 27.3 Å². The minimum atomic E-state index is 0.459. The van der Waals surface area contributed by atoms with Crippen molar-refractivity contribution in [1.29, 1.82) is 0 Å². The monoisotopic (exact) mass is 271 g/mol. The van der Waals surface area contributed by atoms with Gasteiger partial charge >= 0.3 is 0 Å². The summed E-state index contributed by atoms with van der Waals surface area (Å²) in [5.41, 5.74) is 1.24. The molecule has 1 aromatic carbocycles. The third-order valence-electron chi connectivity index (χ3n) is 2.68. The number of nitrogens with one attached hydrogen (secondary N) is 1. The quantitative estimate of drug-likeness (QED) is 0.917. The molecule has 1 fully saturated rings. The van der Waals surface area contributed by atoms with Crippen LogP contribution < -0.4 is 14.8 Å². The third-order valence-corrected chi connectivity index (χ3v) is 3.27. The molecule has 4 heteroatoms. The van der Waals surface area contributed by atoms with E-state index >= 15 is 0 Å². The number of halogens is 1.